The Morgan fingerprint density at radius 3 is 2.14 bits per heavy atom. The van der Waals surface area contributed by atoms with E-state index in [2.05, 4.69) is 13.8 Å². The maximum Gasteiger partial charge on any atom is 0.217 e. The molecule has 0 amide bonds. The normalized spacial score (nSPS) is 15.1. The molecule has 0 aromatic rings. The lowest BCUT2D eigenvalue weighted by molar-refractivity contribution is 0.424. The van der Waals surface area contributed by atoms with Crippen LogP contribution in [0.4, 0.5) is 0 Å². The van der Waals surface area contributed by atoms with Crippen LogP contribution < -0.4 is 0 Å². The van der Waals surface area contributed by atoms with Crippen molar-refractivity contribution in [2.24, 2.45) is 5.92 Å². The van der Waals surface area contributed by atoms with Crippen LogP contribution in [0.15, 0.2) is 0 Å². The van der Waals surface area contributed by atoms with E-state index in [9.17, 15) is 8.42 Å². The number of alkyl halides is 1. The molecule has 1 atom stereocenters. The molecular weight excluding hydrogens is 222 g/mol. The lowest BCUT2D eigenvalue weighted by Crippen LogP contribution is -2.36. The van der Waals surface area contributed by atoms with Crippen molar-refractivity contribution in [2.75, 3.05) is 19.5 Å². The van der Waals surface area contributed by atoms with Gasteiger partial charge in [0.25, 0.3) is 0 Å². The molecule has 14 heavy (non-hydrogen) atoms. The first-order chi connectivity index (χ1) is 6.32. The van der Waals surface area contributed by atoms with Gasteiger partial charge in [0, 0.05) is 19.5 Å². The molecule has 0 rings (SSSR count). The Labute approximate surface area is 92.5 Å². The number of rotatable bonds is 6. The minimum Gasteiger partial charge on any atom is -0.212 e. The third kappa shape index (κ3) is 4.15. The molecule has 0 heterocycles. The Bertz CT molecular complexity index is 252. The molecule has 5 heteroatoms. The van der Waals surface area contributed by atoms with E-state index in [-0.39, 0.29) is 5.88 Å². The van der Waals surface area contributed by atoms with Crippen LogP contribution in [0.5, 0.6) is 0 Å². The molecule has 0 saturated carbocycles. The van der Waals surface area contributed by atoms with E-state index in [1.54, 1.807) is 14.0 Å². The van der Waals surface area contributed by atoms with Gasteiger partial charge in [0.1, 0.15) is 0 Å². The van der Waals surface area contributed by atoms with Crippen LogP contribution in [-0.2, 0) is 10.0 Å². The fourth-order valence-electron chi connectivity index (χ4n) is 0.954. The number of sulfonamides is 1. The zero-order valence-electron chi connectivity index (χ0n) is 9.33. The first-order valence-corrected chi connectivity index (χ1v) is 6.87. The Balaban J connectivity index is 4.29. The maximum absolute atomic E-state index is 11.7. The standard InChI is InChI=1S/C9H20ClNO2S/c1-8(2)5-6-11(4)14(12,13)9(3)7-10/h8-9H,5-7H2,1-4H3. The highest BCUT2D eigenvalue weighted by molar-refractivity contribution is 7.89. The van der Waals surface area contributed by atoms with Gasteiger partial charge in [-0.3, -0.25) is 0 Å². The highest BCUT2D eigenvalue weighted by atomic mass is 35.5. The van der Waals surface area contributed by atoms with Gasteiger partial charge in [0.15, 0.2) is 0 Å². The number of halogens is 1. The molecule has 0 radical (unpaired) electrons. The Hall–Kier alpha value is 0.200. The van der Waals surface area contributed by atoms with Crippen molar-refractivity contribution in [3.8, 4) is 0 Å². The SMILES string of the molecule is CC(C)CCN(C)S(=O)(=O)C(C)CCl. The molecule has 0 aliphatic rings. The minimum atomic E-state index is -3.18. The van der Waals surface area contributed by atoms with Crippen LogP contribution in [0.2, 0.25) is 0 Å². The molecule has 0 fully saturated rings. The van der Waals surface area contributed by atoms with Crippen LogP contribution >= 0.6 is 11.6 Å². The first-order valence-electron chi connectivity index (χ1n) is 4.83. The van der Waals surface area contributed by atoms with Gasteiger partial charge in [-0.05, 0) is 19.3 Å². The van der Waals surface area contributed by atoms with Crippen molar-refractivity contribution < 1.29 is 8.42 Å². The average molecular weight is 242 g/mol. The highest BCUT2D eigenvalue weighted by Gasteiger charge is 2.24. The number of hydrogen-bond donors (Lipinski definition) is 0. The summed E-state index contributed by atoms with van der Waals surface area (Å²) in [4.78, 5) is 0. The first kappa shape index (κ1) is 14.2. The van der Waals surface area contributed by atoms with Crippen LogP contribution in [0.3, 0.4) is 0 Å². The molecule has 86 valence electrons. The summed E-state index contributed by atoms with van der Waals surface area (Å²) in [5.41, 5.74) is 0. The molecule has 0 N–H and O–H groups in total. The second-order valence-electron chi connectivity index (χ2n) is 4.01. The van der Waals surface area contributed by atoms with E-state index >= 15 is 0 Å². The summed E-state index contributed by atoms with van der Waals surface area (Å²) in [5, 5.41) is -0.499. The highest BCUT2D eigenvalue weighted by Crippen LogP contribution is 2.10. The van der Waals surface area contributed by atoms with E-state index in [0.717, 1.165) is 6.42 Å². The lowest BCUT2D eigenvalue weighted by Gasteiger charge is -2.21. The number of nitrogens with zero attached hydrogens (tertiary/aromatic N) is 1. The van der Waals surface area contributed by atoms with Crippen molar-refractivity contribution in [1.29, 1.82) is 0 Å². The van der Waals surface area contributed by atoms with Crippen molar-refractivity contribution in [3.63, 3.8) is 0 Å². The minimum absolute atomic E-state index is 0.147. The topological polar surface area (TPSA) is 37.4 Å². The second kappa shape index (κ2) is 5.93. The van der Waals surface area contributed by atoms with E-state index in [1.165, 1.54) is 4.31 Å². The maximum atomic E-state index is 11.7. The average Bonchev–Trinajstić information content (AvgIpc) is 2.12. The van der Waals surface area contributed by atoms with E-state index in [4.69, 9.17) is 11.6 Å². The molecule has 3 nitrogen and oxygen atoms in total. The summed E-state index contributed by atoms with van der Waals surface area (Å²) in [6.07, 6.45) is 0.880. The molecule has 0 aliphatic heterocycles. The largest absolute Gasteiger partial charge is 0.217 e. The molecule has 0 aromatic heterocycles. The lowest BCUT2D eigenvalue weighted by atomic mass is 10.1. The molecular formula is C9H20ClNO2S. The third-order valence-electron chi connectivity index (χ3n) is 2.18. The monoisotopic (exact) mass is 241 g/mol. The summed E-state index contributed by atoms with van der Waals surface area (Å²) in [5.74, 6) is 0.660. The zero-order valence-corrected chi connectivity index (χ0v) is 10.9. The molecule has 0 aromatic carbocycles. The molecule has 0 saturated heterocycles. The Kier molecular flexibility index (Phi) is 6.02. The second-order valence-corrected chi connectivity index (χ2v) is 6.78. The summed E-state index contributed by atoms with van der Waals surface area (Å²) >= 11 is 5.54. The van der Waals surface area contributed by atoms with Gasteiger partial charge >= 0.3 is 0 Å². The van der Waals surface area contributed by atoms with Gasteiger partial charge in [-0.15, -0.1) is 11.6 Å². The smallest absolute Gasteiger partial charge is 0.212 e. The summed E-state index contributed by atoms with van der Waals surface area (Å²) in [6.45, 7) is 6.35. The van der Waals surface area contributed by atoms with E-state index in [0.29, 0.717) is 12.5 Å². The quantitative estimate of drug-likeness (QED) is 0.667. The van der Waals surface area contributed by atoms with Gasteiger partial charge in [-0.2, -0.15) is 0 Å². The molecule has 0 aliphatic carbocycles. The van der Waals surface area contributed by atoms with E-state index in [1.807, 2.05) is 0 Å². The zero-order chi connectivity index (χ0) is 11.4. The van der Waals surface area contributed by atoms with Crippen molar-refractivity contribution in [3.05, 3.63) is 0 Å². The van der Waals surface area contributed by atoms with Gasteiger partial charge in [0.2, 0.25) is 10.0 Å². The Morgan fingerprint density at radius 2 is 1.79 bits per heavy atom. The van der Waals surface area contributed by atoms with E-state index < -0.39 is 15.3 Å². The fourth-order valence-corrected chi connectivity index (χ4v) is 2.57. The summed E-state index contributed by atoms with van der Waals surface area (Å²) in [6, 6.07) is 0. The predicted molar refractivity (Wildman–Crippen MR) is 61.2 cm³/mol. The van der Waals surface area contributed by atoms with Gasteiger partial charge < -0.3 is 0 Å². The fraction of sp³-hybridized carbons (Fsp3) is 1.00. The summed E-state index contributed by atoms with van der Waals surface area (Å²) in [7, 11) is -1.57. The predicted octanol–water partition coefficient (Wildman–Crippen LogP) is 1.92. The van der Waals surface area contributed by atoms with Gasteiger partial charge in [-0.1, -0.05) is 13.8 Å². The van der Waals surface area contributed by atoms with Gasteiger partial charge in [-0.25, -0.2) is 12.7 Å². The molecule has 1 unspecified atom stereocenters. The van der Waals surface area contributed by atoms with Gasteiger partial charge in [0.05, 0.1) is 5.25 Å². The molecule has 0 spiro atoms. The van der Waals surface area contributed by atoms with Crippen LogP contribution in [0, 0.1) is 5.92 Å². The van der Waals surface area contributed by atoms with Crippen molar-refractivity contribution in [1.82, 2.24) is 4.31 Å². The van der Waals surface area contributed by atoms with Crippen molar-refractivity contribution >= 4 is 21.6 Å². The van der Waals surface area contributed by atoms with Crippen LogP contribution in [0.1, 0.15) is 27.2 Å². The van der Waals surface area contributed by atoms with Crippen LogP contribution in [0.25, 0.3) is 0 Å². The summed E-state index contributed by atoms with van der Waals surface area (Å²) < 4.78 is 24.8. The Morgan fingerprint density at radius 1 is 1.29 bits per heavy atom. The molecule has 0 bridgehead atoms. The van der Waals surface area contributed by atoms with Crippen LogP contribution in [-0.4, -0.2) is 37.4 Å². The van der Waals surface area contributed by atoms with Crippen molar-refractivity contribution in [2.45, 2.75) is 32.4 Å². The third-order valence-corrected chi connectivity index (χ3v) is 5.06. The number of hydrogen-bond acceptors (Lipinski definition) is 2.